The van der Waals surface area contributed by atoms with Gasteiger partial charge in [-0.3, -0.25) is 4.90 Å². The summed E-state index contributed by atoms with van der Waals surface area (Å²) in [4.78, 5) is 2.65. The van der Waals surface area contributed by atoms with E-state index in [4.69, 9.17) is 17.7 Å². The second-order valence-electron chi connectivity index (χ2n) is 22.4. The number of rotatable bonds is 17. The fraction of sp³-hybridized carbons (Fsp3) is 0.837. The molecule has 0 spiro atoms. The van der Waals surface area contributed by atoms with Gasteiger partial charge in [-0.2, -0.15) is 5.26 Å². The summed E-state index contributed by atoms with van der Waals surface area (Å²) in [5.41, 5.74) is 1.03. The highest BCUT2D eigenvalue weighted by atomic mass is 28.4. The zero-order valence-corrected chi connectivity index (χ0v) is 43.1. The average molecular weight is 839 g/mol. The number of unbranched alkanes of at least 4 members (excludes halogenated alkanes) is 3. The summed E-state index contributed by atoms with van der Waals surface area (Å²) in [6, 6.07) is 6.47. The number of benzene rings is 1. The van der Waals surface area contributed by atoms with Crippen LogP contribution in [-0.2, 0) is 17.7 Å². The highest BCUT2D eigenvalue weighted by Gasteiger charge is 2.55. The second-order valence-corrected chi connectivity index (χ2v) is 41.5. The van der Waals surface area contributed by atoms with Crippen molar-refractivity contribution < 1.29 is 22.1 Å². The van der Waals surface area contributed by atoms with Gasteiger partial charge in [0.1, 0.15) is 11.9 Å². The van der Waals surface area contributed by atoms with Gasteiger partial charge in [-0.1, -0.05) is 95.9 Å². The summed E-state index contributed by atoms with van der Waals surface area (Å²) < 4.78 is 43.8. The Hall–Kier alpha value is -0.892. The molecule has 0 aliphatic carbocycles. The van der Waals surface area contributed by atoms with E-state index in [1.807, 2.05) is 0 Å². The molecule has 0 radical (unpaired) electrons. The summed E-state index contributed by atoms with van der Waals surface area (Å²) in [7, 11) is -8.85. The van der Waals surface area contributed by atoms with Crippen molar-refractivity contribution in [3.63, 3.8) is 0 Å². The third-order valence-corrected chi connectivity index (χ3v) is 31.8. The van der Waals surface area contributed by atoms with Gasteiger partial charge >= 0.3 is 0 Å². The minimum atomic E-state index is -2.29. The van der Waals surface area contributed by atoms with E-state index in [1.54, 1.807) is 0 Å². The molecule has 1 aromatic carbocycles. The maximum Gasteiger partial charge on any atom is 0.192 e. The summed E-state index contributed by atoms with van der Waals surface area (Å²) in [5, 5.41) is 12.9. The average Bonchev–Trinajstić information content (AvgIpc) is 2.99. The summed E-state index contributed by atoms with van der Waals surface area (Å²) in [5.74, 6) is -0.334. The topological polar surface area (TPSA) is 76.0 Å². The summed E-state index contributed by atoms with van der Waals surface area (Å²) in [6.07, 6.45) is 3.54. The Labute approximate surface area is 342 Å². The van der Waals surface area contributed by atoms with E-state index in [0.29, 0.717) is 24.4 Å². The van der Waals surface area contributed by atoms with Crippen LogP contribution in [0.1, 0.15) is 114 Å². The maximum atomic E-state index is 13.9. The van der Waals surface area contributed by atoms with Gasteiger partial charge in [0, 0.05) is 13.1 Å². The number of nitrogens with zero attached hydrogens (tertiary/aromatic N) is 2. The van der Waals surface area contributed by atoms with Gasteiger partial charge < -0.3 is 23.0 Å². The largest absolute Gasteiger partial charge is 0.415 e. The lowest BCUT2D eigenvalue weighted by atomic mass is 9.94. The van der Waals surface area contributed by atoms with Crippen LogP contribution in [0, 0.1) is 17.1 Å². The number of halogens is 1. The SMILES string of the molecule is CC(C)(C)[Si](C)(C)OC[C@@H]1C(O[Si](C)(C)C(C)(C)C)C(O[Si](C)(C)C(C)(C)C)C(O[Si](C)(C)C(C)(C)C)CN1CCCCCCNc1cc(F)ccc1C#N. The lowest BCUT2D eigenvalue weighted by Gasteiger charge is -2.56. The molecule has 1 aliphatic heterocycles. The highest BCUT2D eigenvalue weighted by molar-refractivity contribution is 6.75. The Kier molecular flexibility index (Phi) is 17.0. The Morgan fingerprint density at radius 3 is 1.65 bits per heavy atom. The van der Waals surface area contributed by atoms with Gasteiger partial charge in [0.05, 0.1) is 42.2 Å². The van der Waals surface area contributed by atoms with E-state index in [2.05, 4.69) is 152 Å². The van der Waals surface area contributed by atoms with Crippen LogP contribution in [0.15, 0.2) is 18.2 Å². The smallest absolute Gasteiger partial charge is 0.192 e. The van der Waals surface area contributed by atoms with Crippen molar-refractivity contribution in [2.75, 3.05) is 31.6 Å². The standard InChI is InChI=1S/C43H84FN3O4Si4/c1-40(2,3)52(13,14)48-32-36-38(50-54(17,18)42(7,8)9)39(51-55(19,20)43(10,11)12)37(49-53(15,16)41(4,5)6)31-47(36)28-24-22-21-23-27-46-35-29-34(44)26-25-33(35)30-45/h25-26,29,36-39,46H,21-24,27-28,31-32H2,1-20H3/t36-,37?,38?,39?/m1/s1. The zero-order valence-electron chi connectivity index (χ0n) is 39.1. The molecule has 0 bridgehead atoms. The number of anilines is 1. The lowest BCUT2D eigenvalue weighted by Crippen LogP contribution is -2.70. The fourth-order valence-corrected chi connectivity index (χ4v) is 10.8. The van der Waals surface area contributed by atoms with Gasteiger partial charge in [-0.15, -0.1) is 0 Å². The van der Waals surface area contributed by atoms with Gasteiger partial charge in [0.15, 0.2) is 33.3 Å². The Bertz CT molecular complexity index is 1420. The molecular weight excluding hydrogens is 754 g/mol. The molecule has 55 heavy (non-hydrogen) atoms. The Balaban J connectivity index is 2.57. The molecule has 1 fully saturated rings. The first-order valence-corrected chi connectivity index (χ1v) is 32.7. The molecule has 1 N–H and O–H groups in total. The molecule has 1 aliphatic rings. The van der Waals surface area contributed by atoms with Crippen molar-refractivity contribution in [2.45, 2.75) is 206 Å². The predicted molar refractivity (Wildman–Crippen MR) is 243 cm³/mol. The second kappa shape index (κ2) is 18.6. The third-order valence-electron chi connectivity index (χ3n) is 13.9. The van der Waals surface area contributed by atoms with E-state index >= 15 is 0 Å². The first-order valence-electron chi connectivity index (χ1n) is 21.0. The molecule has 7 nitrogen and oxygen atoms in total. The van der Waals surface area contributed by atoms with Gasteiger partial charge in [0.2, 0.25) is 0 Å². The van der Waals surface area contributed by atoms with Gasteiger partial charge in [-0.05, 0) is 110 Å². The molecule has 1 aromatic rings. The van der Waals surface area contributed by atoms with Gasteiger partial charge in [-0.25, -0.2) is 4.39 Å². The molecule has 1 saturated heterocycles. The van der Waals surface area contributed by atoms with Crippen molar-refractivity contribution in [3.8, 4) is 6.07 Å². The predicted octanol–water partition coefficient (Wildman–Crippen LogP) is 12.5. The minimum absolute atomic E-state index is 0.0188. The van der Waals surface area contributed by atoms with Crippen LogP contribution in [-0.4, -0.2) is 88.8 Å². The van der Waals surface area contributed by atoms with Crippen molar-refractivity contribution >= 4 is 39.0 Å². The molecule has 318 valence electrons. The summed E-state index contributed by atoms with van der Waals surface area (Å²) in [6.45, 7) is 49.9. The van der Waals surface area contributed by atoms with Crippen LogP contribution in [0.2, 0.25) is 72.5 Å². The quantitative estimate of drug-likeness (QED) is 0.124. The molecule has 0 saturated carbocycles. The molecular formula is C43H84FN3O4Si4. The monoisotopic (exact) mass is 838 g/mol. The molecule has 3 unspecified atom stereocenters. The third kappa shape index (κ3) is 13.6. The van der Waals surface area contributed by atoms with E-state index in [-0.39, 0.29) is 50.3 Å². The first-order chi connectivity index (χ1) is 24.7. The van der Waals surface area contributed by atoms with Crippen LogP contribution in [0.3, 0.4) is 0 Å². The summed E-state index contributed by atoms with van der Waals surface area (Å²) >= 11 is 0. The number of nitriles is 1. The highest BCUT2D eigenvalue weighted by Crippen LogP contribution is 2.46. The van der Waals surface area contributed by atoms with E-state index in [0.717, 1.165) is 38.8 Å². The number of piperidine rings is 1. The van der Waals surface area contributed by atoms with Crippen LogP contribution >= 0.6 is 0 Å². The molecule has 0 amide bonds. The number of hydrogen-bond acceptors (Lipinski definition) is 7. The van der Waals surface area contributed by atoms with Crippen LogP contribution < -0.4 is 5.32 Å². The molecule has 4 atom stereocenters. The van der Waals surface area contributed by atoms with E-state index in [1.165, 1.54) is 18.2 Å². The number of hydrogen-bond donors (Lipinski definition) is 1. The van der Waals surface area contributed by atoms with Crippen LogP contribution in [0.25, 0.3) is 0 Å². The van der Waals surface area contributed by atoms with Crippen molar-refractivity contribution in [1.29, 1.82) is 5.26 Å². The minimum Gasteiger partial charge on any atom is -0.415 e. The van der Waals surface area contributed by atoms with E-state index in [9.17, 15) is 9.65 Å². The molecule has 2 rings (SSSR count). The lowest BCUT2D eigenvalue weighted by molar-refractivity contribution is -0.128. The van der Waals surface area contributed by atoms with Crippen LogP contribution in [0.5, 0.6) is 0 Å². The van der Waals surface area contributed by atoms with Gasteiger partial charge in [0.25, 0.3) is 0 Å². The molecule has 0 aromatic heterocycles. The van der Waals surface area contributed by atoms with Crippen molar-refractivity contribution in [3.05, 3.63) is 29.6 Å². The normalized spacial score (nSPS) is 21.5. The van der Waals surface area contributed by atoms with Crippen LogP contribution in [0.4, 0.5) is 10.1 Å². The molecule has 12 heteroatoms. The Morgan fingerprint density at radius 1 is 0.691 bits per heavy atom. The van der Waals surface area contributed by atoms with Crippen molar-refractivity contribution in [1.82, 2.24) is 4.90 Å². The number of likely N-dealkylation sites (tertiary alicyclic amines) is 1. The molecule has 1 heterocycles. The van der Waals surface area contributed by atoms with Crippen molar-refractivity contribution in [2.24, 2.45) is 0 Å². The Morgan fingerprint density at radius 2 is 1.16 bits per heavy atom. The number of nitrogens with one attached hydrogen (secondary N) is 1. The zero-order chi connectivity index (χ0) is 42.6. The fourth-order valence-electron chi connectivity index (χ4n) is 5.84. The maximum absolute atomic E-state index is 13.9. The van der Waals surface area contributed by atoms with E-state index < -0.39 is 33.3 Å². The first kappa shape index (κ1) is 50.3.